The lowest BCUT2D eigenvalue weighted by atomic mass is 9.90. The van der Waals surface area contributed by atoms with Crippen molar-refractivity contribution >= 4 is 44.8 Å². The van der Waals surface area contributed by atoms with Crippen LogP contribution in [0.4, 0.5) is 17.1 Å². The number of nitro benzene ring substituents is 1. The Balaban J connectivity index is 1.57. The van der Waals surface area contributed by atoms with Gasteiger partial charge in [-0.1, -0.05) is 46.3 Å². The van der Waals surface area contributed by atoms with Crippen molar-refractivity contribution < 1.29 is 19.3 Å². The molecule has 0 spiro atoms. The summed E-state index contributed by atoms with van der Waals surface area (Å²) in [5.74, 6) is -1.61. The smallest absolute Gasteiger partial charge is 0.269 e. The summed E-state index contributed by atoms with van der Waals surface area (Å²) in [6.07, 6.45) is -0.994. The zero-order chi connectivity index (χ0) is 22.4. The first-order chi connectivity index (χ1) is 15.5. The molecule has 0 bridgehead atoms. The summed E-state index contributed by atoms with van der Waals surface area (Å²) < 4.78 is 0.829. The molecule has 2 heterocycles. The van der Waals surface area contributed by atoms with Crippen LogP contribution in [0.1, 0.15) is 11.6 Å². The van der Waals surface area contributed by atoms with E-state index < -0.39 is 28.9 Å². The van der Waals surface area contributed by atoms with E-state index in [2.05, 4.69) is 15.9 Å². The molecule has 0 radical (unpaired) electrons. The monoisotopic (exact) mass is 493 g/mol. The van der Waals surface area contributed by atoms with Gasteiger partial charge in [0.15, 0.2) is 6.10 Å². The number of carbonyl (C=O) groups excluding carboxylic acids is 2. The number of rotatable bonds is 4. The molecule has 3 aromatic carbocycles. The van der Waals surface area contributed by atoms with Gasteiger partial charge in [0.05, 0.1) is 22.3 Å². The number of fused-ring (bicyclic) bond motifs is 1. The molecule has 0 unspecified atom stereocenters. The number of imide groups is 1. The third-order valence-electron chi connectivity index (χ3n) is 5.66. The van der Waals surface area contributed by atoms with Gasteiger partial charge < -0.3 is 0 Å². The molecule has 2 amide bonds. The first kappa shape index (κ1) is 20.3. The highest BCUT2D eigenvalue weighted by molar-refractivity contribution is 9.10. The van der Waals surface area contributed by atoms with E-state index in [9.17, 15) is 19.7 Å². The Labute approximate surface area is 191 Å². The lowest BCUT2D eigenvalue weighted by Crippen LogP contribution is -2.37. The predicted molar refractivity (Wildman–Crippen MR) is 120 cm³/mol. The molecule has 2 fully saturated rings. The lowest BCUT2D eigenvalue weighted by Gasteiger charge is -2.28. The molecule has 2 aliphatic rings. The summed E-state index contributed by atoms with van der Waals surface area (Å²) in [5.41, 5.74) is 1.74. The average molecular weight is 494 g/mol. The van der Waals surface area contributed by atoms with Crippen molar-refractivity contribution in [2.24, 2.45) is 5.92 Å². The minimum absolute atomic E-state index is 0.0548. The second-order valence-electron chi connectivity index (χ2n) is 7.49. The van der Waals surface area contributed by atoms with Gasteiger partial charge in [0.25, 0.3) is 11.6 Å². The SMILES string of the molecule is O=C1[C@H]2[C@H](ON(c3ccccc3)[C@H]2c2ccc([N+](=O)[O-])cc2)C(=O)N1c1ccc(Br)cc1. The van der Waals surface area contributed by atoms with Crippen LogP contribution >= 0.6 is 15.9 Å². The molecule has 2 aliphatic heterocycles. The van der Waals surface area contributed by atoms with E-state index in [-0.39, 0.29) is 11.6 Å². The minimum atomic E-state index is -0.994. The molecule has 2 saturated heterocycles. The van der Waals surface area contributed by atoms with Crippen molar-refractivity contribution in [1.29, 1.82) is 0 Å². The van der Waals surface area contributed by atoms with Gasteiger partial charge in [-0.15, -0.1) is 0 Å². The number of halogens is 1. The van der Waals surface area contributed by atoms with Crippen molar-refractivity contribution in [2.45, 2.75) is 12.1 Å². The Kier molecular flexibility index (Phi) is 4.99. The molecular formula is C23H16BrN3O5. The number of non-ortho nitro benzene ring substituents is 1. The second kappa shape index (κ2) is 7.85. The van der Waals surface area contributed by atoms with Crippen LogP contribution in [0.2, 0.25) is 0 Å². The summed E-state index contributed by atoms with van der Waals surface area (Å²) in [5, 5.41) is 12.6. The van der Waals surface area contributed by atoms with Crippen molar-refractivity contribution in [3.8, 4) is 0 Å². The summed E-state index contributed by atoms with van der Waals surface area (Å²) >= 11 is 3.36. The van der Waals surface area contributed by atoms with Crippen LogP contribution in [0, 0.1) is 16.0 Å². The number of benzene rings is 3. The maximum atomic E-state index is 13.5. The molecule has 0 N–H and O–H groups in total. The van der Waals surface area contributed by atoms with Gasteiger partial charge in [0, 0.05) is 16.6 Å². The molecule has 32 heavy (non-hydrogen) atoms. The molecule has 0 aliphatic carbocycles. The van der Waals surface area contributed by atoms with Gasteiger partial charge in [-0.3, -0.25) is 24.5 Å². The summed E-state index contributed by atoms with van der Waals surface area (Å²) in [6, 6.07) is 21.4. The van der Waals surface area contributed by atoms with Gasteiger partial charge in [-0.05, 0) is 42.0 Å². The third-order valence-corrected chi connectivity index (χ3v) is 6.19. The largest absolute Gasteiger partial charge is 0.273 e. The Morgan fingerprint density at radius 3 is 2.12 bits per heavy atom. The van der Waals surface area contributed by atoms with Gasteiger partial charge >= 0.3 is 0 Å². The highest BCUT2D eigenvalue weighted by atomic mass is 79.9. The summed E-state index contributed by atoms with van der Waals surface area (Å²) in [7, 11) is 0. The fourth-order valence-corrected chi connectivity index (χ4v) is 4.45. The fourth-order valence-electron chi connectivity index (χ4n) is 4.19. The number of para-hydroxylation sites is 1. The number of carbonyl (C=O) groups is 2. The standard InChI is InChI=1S/C23H16BrN3O5/c24-15-8-12-16(13-9-15)25-22(28)19-20(14-6-10-18(11-7-14)27(30)31)26(32-21(19)23(25)29)17-4-2-1-3-5-17/h1-13,19-21H/t19-,20+,21+/m1/s1. The molecule has 5 rings (SSSR count). The number of hydrogen-bond donors (Lipinski definition) is 0. The Morgan fingerprint density at radius 2 is 1.50 bits per heavy atom. The normalized spacial score (nSPS) is 22.3. The van der Waals surface area contributed by atoms with Crippen molar-refractivity contribution in [1.82, 2.24) is 0 Å². The number of anilines is 2. The van der Waals surface area contributed by atoms with Crippen LogP contribution in [0.15, 0.2) is 83.3 Å². The van der Waals surface area contributed by atoms with E-state index in [1.807, 2.05) is 30.3 Å². The van der Waals surface area contributed by atoms with Crippen LogP contribution in [0.25, 0.3) is 0 Å². The van der Waals surface area contributed by atoms with Crippen LogP contribution in [-0.4, -0.2) is 22.8 Å². The molecule has 9 heteroatoms. The quantitative estimate of drug-likeness (QED) is 0.303. The van der Waals surface area contributed by atoms with E-state index in [1.54, 1.807) is 41.5 Å². The predicted octanol–water partition coefficient (Wildman–Crippen LogP) is 4.41. The number of nitrogens with zero attached hydrogens (tertiary/aromatic N) is 3. The molecule has 160 valence electrons. The number of hydroxylamine groups is 1. The highest BCUT2D eigenvalue weighted by Crippen LogP contribution is 2.47. The Hall–Kier alpha value is -3.56. The second-order valence-corrected chi connectivity index (χ2v) is 8.41. The number of amides is 2. The zero-order valence-corrected chi connectivity index (χ0v) is 18.1. The molecule has 0 saturated carbocycles. The van der Waals surface area contributed by atoms with Crippen LogP contribution in [0.5, 0.6) is 0 Å². The Morgan fingerprint density at radius 1 is 0.844 bits per heavy atom. The maximum Gasteiger partial charge on any atom is 0.269 e. The minimum Gasteiger partial charge on any atom is -0.273 e. The van der Waals surface area contributed by atoms with Gasteiger partial charge in [0.2, 0.25) is 5.91 Å². The van der Waals surface area contributed by atoms with Crippen molar-refractivity contribution in [3.63, 3.8) is 0 Å². The van der Waals surface area contributed by atoms with Gasteiger partial charge in [0.1, 0.15) is 5.92 Å². The number of hydrogen-bond acceptors (Lipinski definition) is 6. The maximum absolute atomic E-state index is 13.5. The fraction of sp³-hybridized carbons (Fsp3) is 0.130. The molecule has 0 aromatic heterocycles. The summed E-state index contributed by atoms with van der Waals surface area (Å²) in [6.45, 7) is 0. The molecular weight excluding hydrogens is 478 g/mol. The highest BCUT2D eigenvalue weighted by Gasteiger charge is 2.60. The van der Waals surface area contributed by atoms with Crippen molar-refractivity contribution in [2.75, 3.05) is 9.96 Å². The molecule has 3 aromatic rings. The van der Waals surface area contributed by atoms with Gasteiger partial charge in [-0.2, -0.15) is 0 Å². The van der Waals surface area contributed by atoms with Crippen LogP contribution in [-0.2, 0) is 14.4 Å². The average Bonchev–Trinajstić information content (AvgIpc) is 3.31. The van der Waals surface area contributed by atoms with Crippen LogP contribution < -0.4 is 9.96 Å². The zero-order valence-electron chi connectivity index (χ0n) is 16.5. The Bertz CT molecular complexity index is 1200. The number of nitro groups is 1. The first-order valence-electron chi connectivity index (χ1n) is 9.84. The van der Waals surface area contributed by atoms with Crippen LogP contribution in [0.3, 0.4) is 0 Å². The third kappa shape index (κ3) is 3.26. The van der Waals surface area contributed by atoms with Crippen molar-refractivity contribution in [3.05, 3.63) is 99.0 Å². The van der Waals surface area contributed by atoms with E-state index in [4.69, 9.17) is 4.84 Å². The summed E-state index contributed by atoms with van der Waals surface area (Å²) in [4.78, 5) is 44.5. The lowest BCUT2D eigenvalue weighted by molar-refractivity contribution is -0.384. The van der Waals surface area contributed by atoms with E-state index in [0.717, 1.165) is 9.37 Å². The van der Waals surface area contributed by atoms with E-state index in [1.165, 1.54) is 12.1 Å². The van der Waals surface area contributed by atoms with E-state index in [0.29, 0.717) is 16.9 Å². The first-order valence-corrected chi connectivity index (χ1v) is 10.6. The molecule has 8 nitrogen and oxygen atoms in total. The van der Waals surface area contributed by atoms with E-state index >= 15 is 0 Å². The molecule has 3 atom stereocenters. The topological polar surface area (TPSA) is 93.0 Å². The van der Waals surface area contributed by atoms with Gasteiger partial charge in [-0.25, -0.2) is 9.96 Å².